The minimum absolute atomic E-state index is 0.0819. The number of rotatable bonds is 1. The number of nitrogens with one attached hydrogen (secondary N) is 1. The van der Waals surface area contributed by atoms with E-state index in [2.05, 4.69) is 9.68 Å². The predicted octanol–water partition coefficient (Wildman–Crippen LogP) is 3.19. The molecule has 1 heterocycles. The number of carbonyl (C=O) groups is 1. The summed E-state index contributed by atoms with van der Waals surface area (Å²) in [5.74, 6) is -0.614. The Morgan fingerprint density at radius 2 is 2.10 bits per heavy atom. The molecule has 1 aromatic carbocycles. The van der Waals surface area contributed by atoms with Gasteiger partial charge in [-0.05, 0) is 44.9 Å². The van der Waals surface area contributed by atoms with Crippen LogP contribution in [0.15, 0.2) is 21.4 Å². The van der Waals surface area contributed by atoms with Gasteiger partial charge in [0.1, 0.15) is 11.4 Å². The fourth-order valence-electron chi connectivity index (χ4n) is 2.06. The van der Waals surface area contributed by atoms with E-state index in [1.165, 1.54) is 18.4 Å². The van der Waals surface area contributed by atoms with Gasteiger partial charge in [-0.1, -0.05) is 0 Å². The third kappa shape index (κ3) is 3.72. The second-order valence-corrected chi connectivity index (χ2v) is 8.22. The number of halogens is 1. The summed E-state index contributed by atoms with van der Waals surface area (Å²) < 4.78 is 35.2. The molecular formula is C14H19FN2O3S. The zero-order chi connectivity index (χ0) is 15.8. The summed E-state index contributed by atoms with van der Waals surface area (Å²) in [5, 5.41) is 3.08. The predicted molar refractivity (Wildman–Crippen MR) is 79.6 cm³/mol. The smallest absolute Gasteiger partial charge is 0.442 e. The maximum absolute atomic E-state index is 14.1. The van der Waals surface area contributed by atoms with Crippen molar-refractivity contribution in [2.24, 2.45) is 4.36 Å². The lowest BCUT2D eigenvalue weighted by atomic mass is 10.2. The maximum Gasteiger partial charge on any atom is 0.442 e. The molecule has 0 aliphatic carbocycles. The van der Waals surface area contributed by atoms with Crippen molar-refractivity contribution in [3.8, 4) is 0 Å². The summed E-state index contributed by atoms with van der Waals surface area (Å²) >= 11 is 0. The first kappa shape index (κ1) is 15.8. The highest BCUT2D eigenvalue weighted by Crippen LogP contribution is 2.29. The van der Waals surface area contributed by atoms with E-state index in [0.29, 0.717) is 6.54 Å². The number of hydrogen-bond acceptors (Lipinski definition) is 4. The number of ether oxygens (including phenoxy) is 1. The molecule has 1 aliphatic heterocycles. The number of anilines is 1. The molecule has 2 rings (SSSR count). The number of nitrogens with zero attached hydrogens (tertiary/aromatic N) is 1. The second kappa shape index (κ2) is 5.29. The number of benzene rings is 1. The van der Waals surface area contributed by atoms with E-state index in [0.717, 1.165) is 17.7 Å². The molecule has 1 aromatic rings. The van der Waals surface area contributed by atoms with Crippen molar-refractivity contribution in [1.29, 1.82) is 0 Å². The third-order valence-corrected chi connectivity index (χ3v) is 4.54. The highest BCUT2D eigenvalue weighted by Gasteiger charge is 2.22. The Bertz CT molecular complexity index is 701. The van der Waals surface area contributed by atoms with Crippen molar-refractivity contribution >= 4 is 21.5 Å². The first-order chi connectivity index (χ1) is 9.58. The highest BCUT2D eigenvalue weighted by atomic mass is 32.2. The average molecular weight is 314 g/mol. The summed E-state index contributed by atoms with van der Waals surface area (Å²) in [6.45, 7) is 5.75. The van der Waals surface area contributed by atoms with Crippen molar-refractivity contribution in [2.45, 2.75) is 37.7 Å². The van der Waals surface area contributed by atoms with Crippen LogP contribution in [0, 0.1) is 5.82 Å². The van der Waals surface area contributed by atoms with Crippen LogP contribution in [0.1, 0.15) is 26.3 Å². The molecule has 1 atom stereocenters. The normalized spacial score (nSPS) is 16.6. The Morgan fingerprint density at radius 1 is 1.43 bits per heavy atom. The fourth-order valence-corrected chi connectivity index (χ4v) is 3.24. The third-order valence-electron chi connectivity index (χ3n) is 2.92. The van der Waals surface area contributed by atoms with Crippen LogP contribution in [0.4, 0.5) is 14.9 Å². The Morgan fingerprint density at radius 3 is 2.71 bits per heavy atom. The summed E-state index contributed by atoms with van der Waals surface area (Å²) in [4.78, 5) is 11.6. The Kier molecular flexibility index (Phi) is 3.97. The summed E-state index contributed by atoms with van der Waals surface area (Å²) in [7, 11) is -3.20. The van der Waals surface area contributed by atoms with Crippen molar-refractivity contribution in [1.82, 2.24) is 0 Å². The molecule has 1 amide bonds. The molecule has 0 fully saturated rings. The Balaban J connectivity index is 2.40. The molecule has 21 heavy (non-hydrogen) atoms. The molecule has 1 N–H and O–H groups in total. The molecule has 5 nitrogen and oxygen atoms in total. The van der Waals surface area contributed by atoms with Gasteiger partial charge in [-0.15, -0.1) is 4.36 Å². The summed E-state index contributed by atoms with van der Waals surface area (Å²) in [5.41, 5.74) is 0.831. The monoisotopic (exact) mass is 314 g/mol. The first-order valence-corrected chi connectivity index (χ1v) is 8.52. The van der Waals surface area contributed by atoms with Crippen LogP contribution in [0.25, 0.3) is 0 Å². The van der Waals surface area contributed by atoms with Crippen LogP contribution in [0.3, 0.4) is 0 Å². The van der Waals surface area contributed by atoms with E-state index in [1.807, 2.05) is 0 Å². The van der Waals surface area contributed by atoms with Crippen LogP contribution < -0.4 is 5.32 Å². The molecule has 0 aromatic heterocycles. The van der Waals surface area contributed by atoms with Crippen molar-refractivity contribution in [3.05, 3.63) is 23.5 Å². The largest absolute Gasteiger partial charge is 0.442 e. The van der Waals surface area contributed by atoms with E-state index in [1.54, 1.807) is 20.8 Å². The van der Waals surface area contributed by atoms with Gasteiger partial charge in [-0.3, -0.25) is 0 Å². The van der Waals surface area contributed by atoms with E-state index in [9.17, 15) is 13.4 Å². The molecule has 1 unspecified atom stereocenters. The number of fused-ring (bicyclic) bond motifs is 1. The van der Waals surface area contributed by atoms with Crippen LogP contribution >= 0.6 is 0 Å². The lowest BCUT2D eigenvalue weighted by molar-refractivity contribution is 0.0607. The van der Waals surface area contributed by atoms with E-state index < -0.39 is 27.2 Å². The fraction of sp³-hybridized carbons (Fsp3) is 0.500. The molecule has 0 saturated carbocycles. The van der Waals surface area contributed by atoms with Gasteiger partial charge in [0.05, 0.1) is 14.6 Å². The summed E-state index contributed by atoms with van der Waals surface area (Å²) in [6.07, 6.45) is 1.000. The van der Waals surface area contributed by atoms with E-state index in [-0.39, 0.29) is 4.90 Å². The van der Waals surface area contributed by atoms with Gasteiger partial charge < -0.3 is 10.1 Å². The minimum Gasteiger partial charge on any atom is -0.442 e. The Hall–Kier alpha value is -1.63. The number of hydrogen-bond donors (Lipinski definition) is 1. The van der Waals surface area contributed by atoms with Crippen LogP contribution in [0.5, 0.6) is 0 Å². The summed E-state index contributed by atoms with van der Waals surface area (Å²) in [6, 6.07) is 2.81. The lowest BCUT2D eigenvalue weighted by Crippen LogP contribution is -2.22. The maximum atomic E-state index is 14.1. The molecule has 0 radical (unpaired) electrons. The van der Waals surface area contributed by atoms with Gasteiger partial charge >= 0.3 is 6.09 Å². The van der Waals surface area contributed by atoms with Crippen LogP contribution in [-0.2, 0) is 20.9 Å². The zero-order valence-electron chi connectivity index (χ0n) is 12.5. The standard InChI is InChI=1S/C14H19FN2O3S/c1-14(2,3)20-13(18)17-21(4,19)12-8-11-9(5-6-16-11)7-10(12)15/h7-8,16H,5-6H2,1-4H3. The van der Waals surface area contributed by atoms with Crippen molar-refractivity contribution in [2.75, 3.05) is 18.1 Å². The van der Waals surface area contributed by atoms with Crippen LogP contribution in [0.2, 0.25) is 0 Å². The minimum atomic E-state index is -3.20. The molecule has 0 spiro atoms. The SMILES string of the molecule is CC(C)(C)OC(=O)N=S(C)(=O)c1cc2c(cc1F)CCN2. The van der Waals surface area contributed by atoms with Crippen molar-refractivity contribution in [3.63, 3.8) is 0 Å². The van der Waals surface area contributed by atoms with E-state index >= 15 is 0 Å². The highest BCUT2D eigenvalue weighted by molar-refractivity contribution is 7.93. The molecule has 0 bridgehead atoms. The Labute approximate surface area is 124 Å². The molecule has 0 saturated heterocycles. The van der Waals surface area contributed by atoms with Gasteiger partial charge in [0.2, 0.25) is 0 Å². The number of amides is 1. The quantitative estimate of drug-likeness (QED) is 0.864. The van der Waals surface area contributed by atoms with E-state index in [4.69, 9.17) is 4.74 Å². The average Bonchev–Trinajstić information content (AvgIpc) is 2.70. The zero-order valence-corrected chi connectivity index (χ0v) is 13.3. The van der Waals surface area contributed by atoms with Gasteiger partial charge in [0, 0.05) is 18.5 Å². The second-order valence-electron chi connectivity index (χ2n) is 5.99. The van der Waals surface area contributed by atoms with Crippen molar-refractivity contribution < 1.29 is 18.1 Å². The van der Waals surface area contributed by atoms with Gasteiger partial charge in [0.15, 0.2) is 0 Å². The molecule has 1 aliphatic rings. The van der Waals surface area contributed by atoms with Crippen LogP contribution in [-0.4, -0.2) is 28.7 Å². The van der Waals surface area contributed by atoms with Gasteiger partial charge in [-0.2, -0.15) is 0 Å². The van der Waals surface area contributed by atoms with Gasteiger partial charge in [-0.25, -0.2) is 13.4 Å². The topological polar surface area (TPSA) is 67.8 Å². The molecular weight excluding hydrogens is 295 g/mol. The first-order valence-electron chi connectivity index (χ1n) is 6.60. The van der Waals surface area contributed by atoms with Gasteiger partial charge in [0.25, 0.3) is 0 Å². The lowest BCUT2D eigenvalue weighted by Gasteiger charge is -2.17. The number of carbonyl (C=O) groups excluding carboxylic acids is 1. The molecule has 116 valence electrons. The molecule has 7 heteroatoms.